The predicted octanol–water partition coefficient (Wildman–Crippen LogP) is 2.79. The van der Waals surface area contributed by atoms with Crippen LogP contribution in [-0.4, -0.2) is 72.0 Å². The Morgan fingerprint density at radius 3 is 2.32 bits per heavy atom. The van der Waals surface area contributed by atoms with Gasteiger partial charge in [0, 0.05) is 57.3 Å². The van der Waals surface area contributed by atoms with E-state index >= 15 is 0 Å². The molecule has 3 aliphatic rings. The summed E-state index contributed by atoms with van der Waals surface area (Å²) in [7, 11) is 0. The van der Waals surface area contributed by atoms with Crippen LogP contribution in [0.5, 0.6) is 0 Å². The molecule has 5 heteroatoms. The smallest absolute Gasteiger partial charge is 0.257 e. The number of hydrogen-bond acceptors (Lipinski definition) is 4. The van der Waals surface area contributed by atoms with Crippen molar-refractivity contribution in [1.29, 1.82) is 0 Å². The SMILES string of the molecule is CC(C)N1CCN(C2CCN(C(=O)c3ccoc3C3CC3)CC2)CC1. The fourth-order valence-corrected chi connectivity index (χ4v) is 4.38. The number of likely N-dealkylation sites (tertiary alicyclic amines) is 1. The van der Waals surface area contributed by atoms with Gasteiger partial charge < -0.3 is 9.32 Å². The van der Waals surface area contributed by atoms with Gasteiger partial charge in [-0.15, -0.1) is 0 Å². The molecule has 3 fully saturated rings. The maximum Gasteiger partial charge on any atom is 0.257 e. The van der Waals surface area contributed by atoms with Gasteiger partial charge in [-0.3, -0.25) is 14.6 Å². The second kappa shape index (κ2) is 7.12. The van der Waals surface area contributed by atoms with Crippen molar-refractivity contribution in [1.82, 2.24) is 14.7 Å². The lowest BCUT2D eigenvalue weighted by Gasteiger charge is -2.43. The van der Waals surface area contributed by atoms with E-state index in [9.17, 15) is 4.79 Å². The number of carbonyl (C=O) groups excluding carboxylic acids is 1. The molecule has 1 aliphatic carbocycles. The zero-order valence-electron chi connectivity index (χ0n) is 15.6. The Balaban J connectivity index is 1.30. The number of carbonyl (C=O) groups is 1. The average Bonchev–Trinajstić information content (AvgIpc) is 3.38. The van der Waals surface area contributed by atoms with Gasteiger partial charge in [0.15, 0.2) is 0 Å². The first-order valence-electron chi connectivity index (χ1n) is 9.98. The third kappa shape index (κ3) is 3.63. The van der Waals surface area contributed by atoms with E-state index in [4.69, 9.17) is 4.42 Å². The molecule has 3 heterocycles. The summed E-state index contributed by atoms with van der Waals surface area (Å²) >= 11 is 0. The summed E-state index contributed by atoms with van der Waals surface area (Å²) in [6.45, 7) is 11.0. The molecule has 4 rings (SSSR count). The van der Waals surface area contributed by atoms with Crippen LogP contribution in [0, 0.1) is 0 Å². The van der Waals surface area contributed by atoms with Crippen molar-refractivity contribution in [3.05, 3.63) is 23.7 Å². The first-order valence-corrected chi connectivity index (χ1v) is 9.98. The molecule has 1 saturated carbocycles. The number of piperazine rings is 1. The first kappa shape index (κ1) is 17.1. The van der Waals surface area contributed by atoms with Gasteiger partial charge in [-0.1, -0.05) is 0 Å². The quantitative estimate of drug-likeness (QED) is 0.841. The van der Waals surface area contributed by atoms with Crippen LogP contribution >= 0.6 is 0 Å². The Bertz CT molecular complexity index is 592. The minimum absolute atomic E-state index is 0.179. The fourth-order valence-electron chi connectivity index (χ4n) is 4.38. The summed E-state index contributed by atoms with van der Waals surface area (Å²) in [4.78, 5) is 20.1. The Labute approximate surface area is 150 Å². The average molecular weight is 345 g/mol. The zero-order valence-corrected chi connectivity index (χ0v) is 15.6. The largest absolute Gasteiger partial charge is 0.468 e. The van der Waals surface area contributed by atoms with E-state index < -0.39 is 0 Å². The summed E-state index contributed by atoms with van der Waals surface area (Å²) in [5, 5.41) is 0. The standard InChI is InChI=1S/C20H31N3O2/c1-15(2)21-10-12-22(13-11-21)17-5-8-23(9-6-17)20(24)18-7-14-25-19(18)16-3-4-16/h7,14-17H,3-6,8-13H2,1-2H3. The van der Waals surface area contributed by atoms with E-state index in [-0.39, 0.29) is 5.91 Å². The molecule has 138 valence electrons. The van der Waals surface area contributed by atoms with Crippen LogP contribution in [0.25, 0.3) is 0 Å². The first-order chi connectivity index (χ1) is 12.1. The number of amides is 1. The van der Waals surface area contributed by atoms with Gasteiger partial charge >= 0.3 is 0 Å². The highest BCUT2D eigenvalue weighted by molar-refractivity contribution is 5.95. The van der Waals surface area contributed by atoms with Crippen molar-refractivity contribution in [2.24, 2.45) is 0 Å². The molecule has 0 unspecified atom stereocenters. The number of furan rings is 1. The maximum atomic E-state index is 12.9. The Kier molecular flexibility index (Phi) is 4.87. The van der Waals surface area contributed by atoms with E-state index in [1.165, 1.54) is 26.2 Å². The summed E-state index contributed by atoms with van der Waals surface area (Å²) in [6.07, 6.45) is 6.21. The van der Waals surface area contributed by atoms with Gasteiger partial charge in [0.1, 0.15) is 5.76 Å². The molecule has 2 aliphatic heterocycles. The third-order valence-corrected chi connectivity index (χ3v) is 6.22. The Morgan fingerprint density at radius 2 is 1.72 bits per heavy atom. The van der Waals surface area contributed by atoms with Crippen LogP contribution < -0.4 is 0 Å². The van der Waals surface area contributed by atoms with Crippen LogP contribution in [0.1, 0.15) is 61.6 Å². The van der Waals surface area contributed by atoms with Crippen molar-refractivity contribution in [2.75, 3.05) is 39.3 Å². The van der Waals surface area contributed by atoms with Crippen LogP contribution in [-0.2, 0) is 0 Å². The van der Waals surface area contributed by atoms with Crippen molar-refractivity contribution < 1.29 is 9.21 Å². The molecule has 0 N–H and O–H groups in total. The van der Waals surface area contributed by atoms with E-state index in [1.807, 2.05) is 11.0 Å². The summed E-state index contributed by atoms with van der Waals surface area (Å²) in [6, 6.07) is 3.16. The zero-order chi connectivity index (χ0) is 17.4. The van der Waals surface area contributed by atoms with Gasteiger partial charge in [-0.2, -0.15) is 0 Å². The highest BCUT2D eigenvalue weighted by Crippen LogP contribution is 2.42. The molecular formula is C20H31N3O2. The van der Waals surface area contributed by atoms with E-state index in [2.05, 4.69) is 23.6 Å². The Morgan fingerprint density at radius 1 is 1.04 bits per heavy atom. The molecule has 1 amide bonds. The highest BCUT2D eigenvalue weighted by Gasteiger charge is 2.34. The summed E-state index contributed by atoms with van der Waals surface area (Å²) in [5.74, 6) is 1.60. The van der Waals surface area contributed by atoms with Crippen molar-refractivity contribution in [3.63, 3.8) is 0 Å². The van der Waals surface area contributed by atoms with Gasteiger partial charge in [-0.05, 0) is 45.6 Å². The second-order valence-electron chi connectivity index (χ2n) is 8.16. The number of piperidine rings is 1. The lowest BCUT2D eigenvalue weighted by atomic mass is 10.0. The molecule has 5 nitrogen and oxygen atoms in total. The van der Waals surface area contributed by atoms with Crippen molar-refractivity contribution >= 4 is 5.91 Å². The molecule has 0 radical (unpaired) electrons. The molecule has 0 atom stereocenters. The number of rotatable bonds is 4. The minimum atomic E-state index is 0.179. The third-order valence-electron chi connectivity index (χ3n) is 6.22. The van der Waals surface area contributed by atoms with Crippen molar-refractivity contribution in [3.8, 4) is 0 Å². The second-order valence-corrected chi connectivity index (χ2v) is 8.16. The number of hydrogen-bond donors (Lipinski definition) is 0. The minimum Gasteiger partial charge on any atom is -0.468 e. The van der Waals surface area contributed by atoms with E-state index in [0.717, 1.165) is 50.1 Å². The molecule has 0 bridgehead atoms. The van der Waals surface area contributed by atoms with Crippen LogP contribution in [0.4, 0.5) is 0 Å². The van der Waals surface area contributed by atoms with Crippen molar-refractivity contribution in [2.45, 2.75) is 57.5 Å². The number of nitrogens with zero attached hydrogens (tertiary/aromatic N) is 3. The molecule has 1 aromatic heterocycles. The molecule has 25 heavy (non-hydrogen) atoms. The highest BCUT2D eigenvalue weighted by atomic mass is 16.3. The topological polar surface area (TPSA) is 39.9 Å². The monoisotopic (exact) mass is 345 g/mol. The van der Waals surface area contributed by atoms with Crippen LogP contribution in [0.2, 0.25) is 0 Å². The normalized spacial score (nSPS) is 24.2. The molecule has 2 saturated heterocycles. The lowest BCUT2D eigenvalue weighted by molar-refractivity contribution is 0.0419. The van der Waals surface area contributed by atoms with Gasteiger partial charge in [0.05, 0.1) is 11.8 Å². The van der Waals surface area contributed by atoms with E-state index in [1.54, 1.807) is 6.26 Å². The maximum absolute atomic E-state index is 12.9. The van der Waals surface area contributed by atoms with Crippen LogP contribution in [0.15, 0.2) is 16.7 Å². The predicted molar refractivity (Wildman–Crippen MR) is 97.9 cm³/mol. The van der Waals surface area contributed by atoms with Gasteiger partial charge in [0.2, 0.25) is 0 Å². The molecule has 0 spiro atoms. The summed E-state index contributed by atoms with van der Waals surface area (Å²) < 4.78 is 5.59. The molecular weight excluding hydrogens is 314 g/mol. The fraction of sp³-hybridized carbons (Fsp3) is 0.750. The lowest BCUT2D eigenvalue weighted by Crippen LogP contribution is -2.54. The molecule has 1 aromatic rings. The van der Waals surface area contributed by atoms with Gasteiger partial charge in [0.25, 0.3) is 5.91 Å². The Hall–Kier alpha value is -1.33. The summed E-state index contributed by atoms with van der Waals surface area (Å²) in [5.41, 5.74) is 0.812. The van der Waals surface area contributed by atoms with E-state index in [0.29, 0.717) is 18.0 Å². The molecule has 0 aromatic carbocycles. The van der Waals surface area contributed by atoms with Crippen LogP contribution in [0.3, 0.4) is 0 Å². The van der Waals surface area contributed by atoms with Gasteiger partial charge in [-0.25, -0.2) is 0 Å².